The Morgan fingerprint density at radius 2 is 1.91 bits per heavy atom. The summed E-state index contributed by atoms with van der Waals surface area (Å²) >= 11 is 0. The number of nitrogens with one attached hydrogen (secondary N) is 1. The summed E-state index contributed by atoms with van der Waals surface area (Å²) in [5.41, 5.74) is 4.63. The second-order valence-electron chi connectivity index (χ2n) is 5.32. The minimum atomic E-state index is -0.355. The first-order valence-corrected chi connectivity index (χ1v) is 7.55. The molecular weight excluding hydrogens is 278 g/mol. The SMILES string of the molecule is O=C(N/N=C\c1ccc(N2CCCCC2)cc1)c1ccco1. The third-order valence-electron chi connectivity index (χ3n) is 3.74. The Morgan fingerprint density at radius 1 is 1.14 bits per heavy atom. The molecular formula is C17H19N3O2. The number of anilines is 1. The molecule has 5 nitrogen and oxygen atoms in total. The summed E-state index contributed by atoms with van der Waals surface area (Å²) in [6, 6.07) is 11.5. The molecule has 1 aromatic heterocycles. The van der Waals surface area contributed by atoms with E-state index in [1.807, 2.05) is 12.1 Å². The van der Waals surface area contributed by atoms with Gasteiger partial charge in [-0.15, -0.1) is 0 Å². The standard InChI is InChI=1S/C17H19N3O2/c21-17(16-5-4-12-22-16)19-18-13-14-6-8-15(9-7-14)20-10-2-1-3-11-20/h4-9,12-13H,1-3,10-11H2,(H,19,21)/b18-13-. The van der Waals surface area contributed by atoms with Gasteiger partial charge < -0.3 is 9.32 Å². The van der Waals surface area contributed by atoms with Crippen LogP contribution in [0.3, 0.4) is 0 Å². The predicted molar refractivity (Wildman–Crippen MR) is 86.3 cm³/mol. The topological polar surface area (TPSA) is 57.8 Å². The van der Waals surface area contributed by atoms with Crippen LogP contribution in [0.4, 0.5) is 5.69 Å². The maximum atomic E-state index is 11.6. The molecule has 114 valence electrons. The van der Waals surface area contributed by atoms with Crippen molar-refractivity contribution in [3.63, 3.8) is 0 Å². The van der Waals surface area contributed by atoms with Crippen molar-refractivity contribution < 1.29 is 9.21 Å². The third-order valence-corrected chi connectivity index (χ3v) is 3.74. The molecule has 0 aliphatic carbocycles. The van der Waals surface area contributed by atoms with Crippen molar-refractivity contribution in [1.82, 2.24) is 5.43 Å². The molecule has 0 unspecified atom stereocenters. The molecule has 1 N–H and O–H groups in total. The van der Waals surface area contributed by atoms with Crippen molar-refractivity contribution in [2.24, 2.45) is 5.10 Å². The molecule has 1 fully saturated rings. The normalized spacial score (nSPS) is 15.2. The number of benzene rings is 1. The zero-order valence-corrected chi connectivity index (χ0v) is 12.4. The number of amides is 1. The predicted octanol–water partition coefficient (Wildman–Crippen LogP) is 3.03. The molecule has 1 amide bonds. The molecule has 22 heavy (non-hydrogen) atoms. The number of hydrogen-bond acceptors (Lipinski definition) is 4. The van der Waals surface area contributed by atoms with Crippen LogP contribution in [0.15, 0.2) is 52.2 Å². The van der Waals surface area contributed by atoms with Crippen LogP contribution in [0.25, 0.3) is 0 Å². The number of carbonyl (C=O) groups excluding carboxylic acids is 1. The minimum absolute atomic E-state index is 0.248. The molecule has 2 aromatic rings. The first-order valence-electron chi connectivity index (χ1n) is 7.55. The van der Waals surface area contributed by atoms with Gasteiger partial charge in [-0.3, -0.25) is 4.79 Å². The van der Waals surface area contributed by atoms with Gasteiger partial charge in [-0.25, -0.2) is 5.43 Å². The van der Waals surface area contributed by atoms with E-state index in [1.54, 1.807) is 18.3 Å². The van der Waals surface area contributed by atoms with Crippen LogP contribution in [-0.2, 0) is 0 Å². The molecule has 2 heterocycles. The highest BCUT2D eigenvalue weighted by molar-refractivity contribution is 5.92. The van der Waals surface area contributed by atoms with E-state index >= 15 is 0 Å². The highest BCUT2D eigenvalue weighted by Crippen LogP contribution is 2.19. The van der Waals surface area contributed by atoms with Crippen molar-refractivity contribution in [2.45, 2.75) is 19.3 Å². The molecule has 0 radical (unpaired) electrons. The number of piperidine rings is 1. The average Bonchev–Trinajstić information content (AvgIpc) is 3.11. The van der Waals surface area contributed by atoms with E-state index in [4.69, 9.17) is 4.42 Å². The van der Waals surface area contributed by atoms with E-state index in [1.165, 1.54) is 31.2 Å². The molecule has 1 aromatic carbocycles. The quantitative estimate of drug-likeness (QED) is 0.697. The third kappa shape index (κ3) is 3.55. The van der Waals surface area contributed by atoms with Crippen LogP contribution < -0.4 is 10.3 Å². The lowest BCUT2D eigenvalue weighted by Gasteiger charge is -2.28. The first kappa shape index (κ1) is 14.4. The van der Waals surface area contributed by atoms with Gasteiger partial charge in [0.25, 0.3) is 0 Å². The Bertz CT molecular complexity index is 626. The van der Waals surface area contributed by atoms with Crippen LogP contribution in [0.2, 0.25) is 0 Å². The van der Waals surface area contributed by atoms with Gasteiger partial charge >= 0.3 is 5.91 Å². The first-order chi connectivity index (χ1) is 10.8. The molecule has 1 aliphatic rings. The van der Waals surface area contributed by atoms with Crippen LogP contribution in [0.1, 0.15) is 35.4 Å². The number of rotatable bonds is 4. The highest BCUT2D eigenvalue weighted by Gasteiger charge is 2.10. The maximum Gasteiger partial charge on any atom is 0.307 e. The highest BCUT2D eigenvalue weighted by atomic mass is 16.3. The van der Waals surface area contributed by atoms with Crippen LogP contribution in [0, 0.1) is 0 Å². The van der Waals surface area contributed by atoms with E-state index in [-0.39, 0.29) is 11.7 Å². The van der Waals surface area contributed by atoms with Gasteiger partial charge in [-0.1, -0.05) is 12.1 Å². The van der Waals surface area contributed by atoms with Crippen molar-refractivity contribution >= 4 is 17.8 Å². The second kappa shape index (κ2) is 6.93. The fourth-order valence-corrected chi connectivity index (χ4v) is 2.55. The van der Waals surface area contributed by atoms with Gasteiger partial charge in [-0.05, 0) is 49.1 Å². The number of carbonyl (C=O) groups is 1. The second-order valence-corrected chi connectivity index (χ2v) is 5.32. The molecule has 5 heteroatoms. The number of hydrogen-bond donors (Lipinski definition) is 1. The van der Waals surface area contributed by atoms with Gasteiger partial charge in [0.05, 0.1) is 12.5 Å². The van der Waals surface area contributed by atoms with E-state index in [0.29, 0.717) is 0 Å². The van der Waals surface area contributed by atoms with Gasteiger partial charge in [0.15, 0.2) is 5.76 Å². The Hall–Kier alpha value is -2.56. The Labute approximate surface area is 129 Å². The summed E-state index contributed by atoms with van der Waals surface area (Å²) in [6.07, 6.45) is 6.94. The Morgan fingerprint density at radius 3 is 2.59 bits per heavy atom. The average molecular weight is 297 g/mol. The van der Waals surface area contributed by atoms with Gasteiger partial charge in [0, 0.05) is 18.8 Å². The van der Waals surface area contributed by atoms with Crippen LogP contribution >= 0.6 is 0 Å². The smallest absolute Gasteiger partial charge is 0.307 e. The lowest BCUT2D eigenvalue weighted by molar-refractivity contribution is 0.0927. The van der Waals surface area contributed by atoms with Crippen molar-refractivity contribution in [3.8, 4) is 0 Å². The molecule has 0 spiro atoms. The largest absolute Gasteiger partial charge is 0.459 e. The van der Waals surface area contributed by atoms with Crippen molar-refractivity contribution in [3.05, 3.63) is 54.0 Å². The van der Waals surface area contributed by atoms with Crippen LogP contribution in [-0.4, -0.2) is 25.2 Å². The van der Waals surface area contributed by atoms with Crippen molar-refractivity contribution in [1.29, 1.82) is 0 Å². The van der Waals surface area contributed by atoms with Crippen molar-refractivity contribution in [2.75, 3.05) is 18.0 Å². The number of nitrogens with zero attached hydrogens (tertiary/aromatic N) is 2. The van der Waals surface area contributed by atoms with Gasteiger partial charge in [0.1, 0.15) is 0 Å². The molecule has 0 atom stereocenters. The van der Waals surface area contributed by atoms with E-state index < -0.39 is 0 Å². The zero-order chi connectivity index (χ0) is 15.2. The fraction of sp³-hybridized carbons (Fsp3) is 0.294. The fourth-order valence-electron chi connectivity index (χ4n) is 2.55. The summed E-state index contributed by atoms with van der Waals surface area (Å²) in [4.78, 5) is 14.0. The maximum absolute atomic E-state index is 11.6. The van der Waals surface area contributed by atoms with Gasteiger partial charge in [0.2, 0.25) is 0 Å². The summed E-state index contributed by atoms with van der Waals surface area (Å²) in [5.74, 6) is -0.108. The summed E-state index contributed by atoms with van der Waals surface area (Å²) < 4.78 is 4.99. The summed E-state index contributed by atoms with van der Waals surface area (Å²) in [6.45, 7) is 2.26. The Balaban J connectivity index is 1.56. The lowest BCUT2D eigenvalue weighted by Crippen LogP contribution is -2.29. The summed E-state index contributed by atoms with van der Waals surface area (Å²) in [7, 11) is 0. The molecule has 0 bridgehead atoms. The molecule has 3 rings (SSSR count). The number of hydrazone groups is 1. The number of furan rings is 1. The molecule has 1 aliphatic heterocycles. The lowest BCUT2D eigenvalue weighted by atomic mass is 10.1. The molecule has 1 saturated heterocycles. The minimum Gasteiger partial charge on any atom is -0.459 e. The molecule has 0 saturated carbocycles. The van der Waals surface area contributed by atoms with Gasteiger partial charge in [-0.2, -0.15) is 5.10 Å². The Kier molecular flexibility index (Phi) is 4.53. The monoisotopic (exact) mass is 297 g/mol. The van der Waals surface area contributed by atoms with E-state index in [2.05, 4.69) is 27.6 Å². The van der Waals surface area contributed by atoms with E-state index in [9.17, 15) is 4.79 Å². The van der Waals surface area contributed by atoms with E-state index in [0.717, 1.165) is 18.7 Å². The summed E-state index contributed by atoms with van der Waals surface area (Å²) in [5, 5.41) is 3.94. The zero-order valence-electron chi connectivity index (χ0n) is 12.4. The van der Waals surface area contributed by atoms with Crippen LogP contribution in [0.5, 0.6) is 0 Å².